The summed E-state index contributed by atoms with van der Waals surface area (Å²) in [4.78, 5) is 19.5. The van der Waals surface area contributed by atoms with Crippen LogP contribution in [0, 0.1) is 24.1 Å². The molecule has 1 aliphatic heterocycles. The van der Waals surface area contributed by atoms with Crippen LogP contribution in [-0.4, -0.2) is 36.2 Å². The third-order valence-electron chi connectivity index (χ3n) is 7.01. The average Bonchev–Trinajstić information content (AvgIpc) is 2.71. The quantitative estimate of drug-likeness (QED) is 0.488. The van der Waals surface area contributed by atoms with E-state index in [9.17, 15) is 9.18 Å². The van der Waals surface area contributed by atoms with Crippen molar-refractivity contribution in [1.29, 1.82) is 0 Å². The standard InChI is InChI=1S/C28H33FN2O2/c1-5-33-26-13-24(29)10-11-25(26)27(32)31-17-28(18-31)14-23(15-28)20(3)12-21(4)30-16-22-9-7-6-8-19(22)2/h6-13,23H,5,14-18H2,1-4H3/b20-12+,30-21?. The lowest BCUT2D eigenvalue weighted by Gasteiger charge is -2.59. The van der Waals surface area contributed by atoms with Crippen molar-refractivity contribution in [1.82, 2.24) is 4.90 Å². The Morgan fingerprint density at radius 2 is 1.94 bits per heavy atom. The molecule has 0 N–H and O–H groups in total. The number of benzene rings is 2. The summed E-state index contributed by atoms with van der Waals surface area (Å²) < 4.78 is 19.0. The molecule has 0 unspecified atom stereocenters. The number of rotatable bonds is 7. The Balaban J connectivity index is 1.30. The number of halogens is 1. The van der Waals surface area contributed by atoms with E-state index in [0.717, 1.165) is 31.6 Å². The minimum Gasteiger partial charge on any atom is -0.493 e. The highest BCUT2D eigenvalue weighted by Crippen LogP contribution is 2.54. The zero-order valence-electron chi connectivity index (χ0n) is 20.0. The fourth-order valence-corrected chi connectivity index (χ4v) is 5.08. The van der Waals surface area contributed by atoms with Gasteiger partial charge >= 0.3 is 0 Å². The maximum absolute atomic E-state index is 13.6. The summed E-state index contributed by atoms with van der Waals surface area (Å²) in [6, 6.07) is 12.5. The fourth-order valence-electron chi connectivity index (χ4n) is 5.08. The number of hydrogen-bond donors (Lipinski definition) is 0. The van der Waals surface area contributed by atoms with E-state index in [4.69, 9.17) is 9.73 Å². The van der Waals surface area contributed by atoms with Crippen molar-refractivity contribution in [2.45, 2.75) is 47.1 Å². The molecule has 33 heavy (non-hydrogen) atoms. The molecule has 2 aromatic carbocycles. The van der Waals surface area contributed by atoms with Crippen LogP contribution in [-0.2, 0) is 6.54 Å². The first-order valence-electron chi connectivity index (χ1n) is 11.8. The van der Waals surface area contributed by atoms with Crippen molar-refractivity contribution in [3.05, 3.63) is 76.6 Å². The average molecular weight is 449 g/mol. The van der Waals surface area contributed by atoms with Crippen LogP contribution in [0.1, 0.15) is 55.1 Å². The summed E-state index contributed by atoms with van der Waals surface area (Å²) in [7, 11) is 0. The van der Waals surface area contributed by atoms with Crippen molar-refractivity contribution in [2.24, 2.45) is 16.3 Å². The molecule has 4 nitrogen and oxygen atoms in total. The number of aliphatic imine (C=N–C) groups is 1. The van der Waals surface area contributed by atoms with Crippen LogP contribution >= 0.6 is 0 Å². The van der Waals surface area contributed by atoms with Gasteiger partial charge in [0.25, 0.3) is 5.91 Å². The van der Waals surface area contributed by atoms with Gasteiger partial charge in [-0.15, -0.1) is 0 Å². The van der Waals surface area contributed by atoms with Crippen molar-refractivity contribution in [3.63, 3.8) is 0 Å². The van der Waals surface area contributed by atoms with Crippen LogP contribution in [0.15, 0.2) is 59.1 Å². The van der Waals surface area contributed by atoms with Gasteiger partial charge < -0.3 is 9.64 Å². The van der Waals surface area contributed by atoms with Gasteiger partial charge in [0.2, 0.25) is 0 Å². The number of allylic oxidation sites excluding steroid dienone is 2. The van der Waals surface area contributed by atoms with E-state index >= 15 is 0 Å². The summed E-state index contributed by atoms with van der Waals surface area (Å²) >= 11 is 0. The molecule has 1 saturated heterocycles. The zero-order valence-corrected chi connectivity index (χ0v) is 20.0. The summed E-state index contributed by atoms with van der Waals surface area (Å²) in [6.07, 6.45) is 4.42. The Labute approximate surface area is 196 Å². The first-order chi connectivity index (χ1) is 15.8. The second kappa shape index (κ2) is 9.50. The minimum absolute atomic E-state index is 0.0704. The molecule has 1 amide bonds. The summed E-state index contributed by atoms with van der Waals surface area (Å²) in [5, 5.41) is 0. The molecule has 0 atom stereocenters. The van der Waals surface area contributed by atoms with Crippen LogP contribution in [0.25, 0.3) is 0 Å². The van der Waals surface area contributed by atoms with Gasteiger partial charge in [-0.2, -0.15) is 0 Å². The van der Waals surface area contributed by atoms with E-state index < -0.39 is 5.82 Å². The van der Waals surface area contributed by atoms with E-state index in [1.807, 2.05) is 11.8 Å². The first kappa shape index (κ1) is 23.2. The van der Waals surface area contributed by atoms with Gasteiger partial charge in [-0.3, -0.25) is 9.79 Å². The normalized spacial score (nSPS) is 18.2. The predicted octanol–water partition coefficient (Wildman–Crippen LogP) is 5.99. The van der Waals surface area contributed by atoms with Gasteiger partial charge in [0, 0.05) is 30.3 Å². The molecule has 2 fully saturated rings. The first-order valence-corrected chi connectivity index (χ1v) is 11.8. The van der Waals surface area contributed by atoms with Gasteiger partial charge in [0.05, 0.1) is 18.7 Å². The van der Waals surface area contributed by atoms with E-state index in [1.54, 1.807) is 0 Å². The van der Waals surface area contributed by atoms with E-state index in [2.05, 4.69) is 51.1 Å². The number of carbonyl (C=O) groups is 1. The Morgan fingerprint density at radius 3 is 2.64 bits per heavy atom. The largest absolute Gasteiger partial charge is 0.493 e. The Bertz CT molecular complexity index is 1090. The Morgan fingerprint density at radius 1 is 1.21 bits per heavy atom. The third kappa shape index (κ3) is 5.02. The molecule has 1 aliphatic carbocycles. The predicted molar refractivity (Wildman–Crippen MR) is 130 cm³/mol. The van der Waals surface area contributed by atoms with Gasteiger partial charge in [0.1, 0.15) is 11.6 Å². The second-order valence-corrected chi connectivity index (χ2v) is 9.61. The third-order valence-corrected chi connectivity index (χ3v) is 7.01. The molecule has 5 heteroatoms. The maximum Gasteiger partial charge on any atom is 0.257 e. The van der Waals surface area contributed by atoms with Crippen molar-refractivity contribution in [2.75, 3.05) is 19.7 Å². The fraction of sp³-hybridized carbons (Fsp3) is 0.429. The highest BCUT2D eigenvalue weighted by molar-refractivity contribution is 5.97. The summed E-state index contributed by atoms with van der Waals surface area (Å²) in [6.45, 7) is 10.8. The number of amides is 1. The molecule has 0 aromatic heterocycles. The van der Waals surface area contributed by atoms with Crippen LogP contribution in [0.2, 0.25) is 0 Å². The molecular weight excluding hydrogens is 415 g/mol. The molecule has 1 saturated carbocycles. The lowest BCUT2D eigenvalue weighted by atomic mass is 9.56. The smallest absolute Gasteiger partial charge is 0.257 e. The highest BCUT2D eigenvalue weighted by atomic mass is 19.1. The van der Waals surface area contributed by atoms with Crippen LogP contribution in [0.5, 0.6) is 5.75 Å². The number of nitrogens with zero attached hydrogens (tertiary/aromatic N) is 2. The number of likely N-dealkylation sites (tertiary alicyclic amines) is 1. The van der Waals surface area contributed by atoms with Crippen LogP contribution in [0.3, 0.4) is 0 Å². The minimum atomic E-state index is -0.392. The van der Waals surface area contributed by atoms with Gasteiger partial charge in [0.15, 0.2) is 0 Å². The summed E-state index contributed by atoms with van der Waals surface area (Å²) in [5.74, 6) is 0.417. The van der Waals surface area contributed by atoms with Crippen molar-refractivity contribution < 1.29 is 13.9 Å². The molecule has 0 radical (unpaired) electrons. The molecule has 2 aromatic rings. The highest BCUT2D eigenvalue weighted by Gasteiger charge is 2.54. The zero-order chi connectivity index (χ0) is 23.6. The molecular formula is C28H33FN2O2. The van der Waals surface area contributed by atoms with Crippen LogP contribution < -0.4 is 4.74 Å². The molecule has 4 rings (SSSR count). The SMILES string of the molecule is CCOc1cc(F)ccc1C(=O)N1CC2(CC(/C(C)=C/C(C)=NCc3ccccc3C)C2)C1. The molecule has 1 spiro atoms. The summed E-state index contributed by atoms with van der Waals surface area (Å²) in [5.41, 5.74) is 5.64. The molecule has 0 bridgehead atoms. The maximum atomic E-state index is 13.6. The topological polar surface area (TPSA) is 41.9 Å². The molecule has 174 valence electrons. The lowest BCUT2D eigenvalue weighted by molar-refractivity contribution is -0.0665. The Kier molecular flexibility index (Phi) is 6.68. The van der Waals surface area contributed by atoms with Gasteiger partial charge in [-0.25, -0.2) is 4.39 Å². The van der Waals surface area contributed by atoms with Crippen molar-refractivity contribution >= 4 is 11.6 Å². The van der Waals surface area contributed by atoms with E-state index in [0.29, 0.717) is 30.4 Å². The number of hydrogen-bond acceptors (Lipinski definition) is 3. The second-order valence-electron chi connectivity index (χ2n) is 9.61. The van der Waals surface area contributed by atoms with Gasteiger partial charge in [-0.05, 0) is 75.8 Å². The molecule has 1 heterocycles. The lowest BCUT2D eigenvalue weighted by Crippen LogP contribution is -2.63. The van der Waals surface area contributed by atoms with Crippen LogP contribution in [0.4, 0.5) is 4.39 Å². The number of ether oxygens (including phenoxy) is 1. The number of aryl methyl sites for hydroxylation is 1. The van der Waals surface area contributed by atoms with E-state index in [-0.39, 0.29) is 11.3 Å². The monoisotopic (exact) mass is 448 g/mol. The van der Waals surface area contributed by atoms with Gasteiger partial charge in [-0.1, -0.05) is 29.8 Å². The molecule has 2 aliphatic rings. The van der Waals surface area contributed by atoms with E-state index in [1.165, 1.54) is 34.9 Å². The Hall–Kier alpha value is -2.95. The van der Waals surface area contributed by atoms with Crippen molar-refractivity contribution in [3.8, 4) is 5.75 Å². The number of carbonyl (C=O) groups excluding carboxylic acids is 1.